The number of rotatable bonds is 6. The van der Waals surface area contributed by atoms with Crippen molar-refractivity contribution < 1.29 is 18.4 Å². The van der Waals surface area contributed by atoms with Crippen LogP contribution in [-0.4, -0.2) is 31.0 Å². The largest absolute Gasteiger partial charge is 0.525 e. The fraction of sp³-hybridized carbons (Fsp3) is 0.667. The Labute approximate surface area is 149 Å². The van der Waals surface area contributed by atoms with E-state index < -0.39 is 18.3 Å². The second kappa shape index (κ2) is 7.28. The van der Waals surface area contributed by atoms with Gasteiger partial charge in [0, 0.05) is 4.88 Å². The number of halogens is 1. The lowest BCUT2D eigenvalue weighted by Crippen LogP contribution is -2.41. The summed E-state index contributed by atoms with van der Waals surface area (Å²) in [5.41, 5.74) is 0.234. The Morgan fingerprint density at radius 1 is 1.25 bits per heavy atom. The van der Waals surface area contributed by atoms with E-state index in [2.05, 4.69) is 0 Å². The summed E-state index contributed by atoms with van der Waals surface area (Å²) < 4.78 is 32.7. The molecule has 0 N–H and O–H groups in total. The Hall–Kier alpha value is -0.685. The van der Waals surface area contributed by atoms with Gasteiger partial charge in [-0.25, -0.2) is 4.39 Å². The Kier molecular flexibility index (Phi) is 5.96. The third kappa shape index (κ3) is 4.10. The predicted molar refractivity (Wildman–Crippen MR) is 98.9 cm³/mol. The first-order valence-electron chi connectivity index (χ1n) is 8.45. The molecule has 24 heavy (non-hydrogen) atoms. The van der Waals surface area contributed by atoms with Crippen LogP contribution in [-0.2, 0) is 14.0 Å². The van der Waals surface area contributed by atoms with Crippen LogP contribution in [0, 0.1) is 6.92 Å². The molecule has 0 radical (unpaired) electrons. The zero-order valence-corrected chi connectivity index (χ0v) is 16.6. The molecule has 0 atom stereocenters. The van der Waals surface area contributed by atoms with E-state index in [-0.39, 0.29) is 11.8 Å². The fourth-order valence-electron chi connectivity index (χ4n) is 2.51. The van der Waals surface area contributed by atoms with E-state index in [1.165, 1.54) is 11.3 Å². The minimum atomic E-state index is -0.967. The highest BCUT2D eigenvalue weighted by Gasteiger charge is 2.53. The van der Waals surface area contributed by atoms with Crippen molar-refractivity contribution in [3.05, 3.63) is 27.6 Å². The topological polar surface area (TPSA) is 27.7 Å². The molecule has 0 amide bonds. The molecule has 6 heteroatoms. The molecule has 134 valence electrons. The van der Waals surface area contributed by atoms with E-state index in [9.17, 15) is 0 Å². The number of hydrogen-bond acceptors (Lipinski definition) is 4. The highest BCUT2D eigenvalue weighted by molar-refractivity contribution is 7.11. The average molecular weight is 354 g/mol. The van der Waals surface area contributed by atoms with Crippen LogP contribution in [0.25, 0.3) is 5.57 Å². The molecular weight excluding hydrogens is 326 g/mol. The standard InChI is InChI=1S/C18H28BFO3S/c1-12(2)21-10-8-14(15-13(3)9-11-24-15)16(20)19-22-17(4,5)18(6,7)23-19/h9,11-12H,8,10H2,1-7H3. The molecule has 0 spiro atoms. The molecule has 2 rings (SSSR count). The molecule has 0 aromatic carbocycles. The SMILES string of the molecule is Cc1ccsc1C(CCOC(C)C)=C(F)B1OC(C)(C)C(C)(C)O1. The minimum Gasteiger partial charge on any atom is -0.398 e. The van der Waals surface area contributed by atoms with Gasteiger partial charge in [0.25, 0.3) is 0 Å². The number of aryl methyl sites for hydroxylation is 1. The molecule has 1 aliphatic heterocycles. The van der Waals surface area contributed by atoms with Gasteiger partial charge >= 0.3 is 7.12 Å². The maximum Gasteiger partial charge on any atom is 0.525 e. The average Bonchev–Trinajstić information content (AvgIpc) is 2.95. The maximum atomic E-state index is 15.3. The van der Waals surface area contributed by atoms with E-state index in [0.717, 1.165) is 10.4 Å². The molecule has 1 fully saturated rings. The van der Waals surface area contributed by atoms with Crippen molar-refractivity contribution in [2.24, 2.45) is 0 Å². The van der Waals surface area contributed by atoms with Gasteiger partial charge in [-0.3, -0.25) is 0 Å². The second-order valence-electron chi connectivity index (χ2n) is 7.52. The van der Waals surface area contributed by atoms with Crippen LogP contribution >= 0.6 is 11.3 Å². The Balaban J connectivity index is 2.31. The van der Waals surface area contributed by atoms with Crippen LogP contribution in [0.4, 0.5) is 4.39 Å². The van der Waals surface area contributed by atoms with Crippen molar-refractivity contribution in [2.75, 3.05) is 6.61 Å². The minimum absolute atomic E-state index is 0.121. The van der Waals surface area contributed by atoms with Crippen LogP contribution in [0.5, 0.6) is 0 Å². The Morgan fingerprint density at radius 3 is 2.29 bits per heavy atom. The summed E-state index contributed by atoms with van der Waals surface area (Å²) in [6, 6.07) is 2.00. The second-order valence-corrected chi connectivity index (χ2v) is 8.43. The molecule has 1 saturated heterocycles. The van der Waals surface area contributed by atoms with Gasteiger partial charge in [-0.1, -0.05) is 0 Å². The van der Waals surface area contributed by atoms with Gasteiger partial charge in [0.2, 0.25) is 0 Å². The molecule has 1 aliphatic rings. The van der Waals surface area contributed by atoms with Crippen LogP contribution < -0.4 is 0 Å². The van der Waals surface area contributed by atoms with Gasteiger partial charge < -0.3 is 14.0 Å². The summed E-state index contributed by atoms with van der Waals surface area (Å²) in [7, 11) is -0.967. The Bertz CT molecular complexity index is 591. The van der Waals surface area contributed by atoms with Gasteiger partial charge in [0.15, 0.2) is 0 Å². The maximum absolute atomic E-state index is 15.3. The van der Waals surface area contributed by atoms with Crippen molar-refractivity contribution >= 4 is 24.0 Å². The van der Waals surface area contributed by atoms with Crippen LogP contribution in [0.2, 0.25) is 0 Å². The number of thiophene rings is 1. The van der Waals surface area contributed by atoms with Crippen molar-refractivity contribution in [2.45, 2.75) is 72.2 Å². The molecule has 0 aliphatic carbocycles. The molecule has 3 nitrogen and oxygen atoms in total. The van der Waals surface area contributed by atoms with Crippen molar-refractivity contribution in [1.29, 1.82) is 0 Å². The summed E-state index contributed by atoms with van der Waals surface area (Å²) in [5, 5.41) is 1.98. The molecule has 0 unspecified atom stereocenters. The van der Waals surface area contributed by atoms with Gasteiger partial charge in [-0.2, -0.15) is 0 Å². The quantitative estimate of drug-likeness (QED) is 0.659. The molecule has 0 saturated carbocycles. The third-order valence-electron chi connectivity index (χ3n) is 4.69. The monoisotopic (exact) mass is 354 g/mol. The van der Waals surface area contributed by atoms with Crippen LogP contribution in [0.3, 0.4) is 0 Å². The van der Waals surface area contributed by atoms with Crippen LogP contribution in [0.15, 0.2) is 17.2 Å². The van der Waals surface area contributed by atoms with Crippen molar-refractivity contribution in [3.8, 4) is 0 Å². The van der Waals surface area contributed by atoms with Gasteiger partial charge in [-0.15, -0.1) is 11.3 Å². The zero-order valence-electron chi connectivity index (χ0n) is 15.7. The first-order chi connectivity index (χ1) is 11.0. The van der Waals surface area contributed by atoms with E-state index in [0.29, 0.717) is 18.6 Å². The van der Waals surface area contributed by atoms with Crippen molar-refractivity contribution in [3.63, 3.8) is 0 Å². The van der Waals surface area contributed by atoms with Gasteiger partial charge in [0.05, 0.1) is 23.9 Å². The summed E-state index contributed by atoms with van der Waals surface area (Å²) >= 11 is 1.54. The fourth-order valence-corrected chi connectivity index (χ4v) is 3.51. The first kappa shape index (κ1) is 19.6. The lowest BCUT2D eigenvalue weighted by molar-refractivity contribution is 0.00578. The predicted octanol–water partition coefficient (Wildman–Crippen LogP) is 5.18. The molecule has 2 heterocycles. The lowest BCUT2D eigenvalue weighted by Gasteiger charge is -2.32. The molecule has 0 bridgehead atoms. The van der Waals surface area contributed by atoms with Gasteiger partial charge in [-0.05, 0) is 77.5 Å². The first-order valence-corrected chi connectivity index (χ1v) is 9.33. The summed E-state index contributed by atoms with van der Waals surface area (Å²) in [4.78, 5) is 0.939. The smallest absolute Gasteiger partial charge is 0.398 e. The molecule has 1 aromatic rings. The van der Waals surface area contributed by atoms with E-state index in [1.807, 2.05) is 59.9 Å². The van der Waals surface area contributed by atoms with E-state index >= 15 is 4.39 Å². The van der Waals surface area contributed by atoms with E-state index in [1.54, 1.807) is 0 Å². The highest BCUT2D eigenvalue weighted by atomic mass is 32.1. The summed E-state index contributed by atoms with van der Waals surface area (Å²) in [5.74, 6) is 0. The van der Waals surface area contributed by atoms with E-state index in [4.69, 9.17) is 14.0 Å². The number of ether oxygens (including phenoxy) is 1. The number of hydrogen-bond donors (Lipinski definition) is 0. The summed E-state index contributed by atoms with van der Waals surface area (Å²) in [6.45, 7) is 14.1. The van der Waals surface area contributed by atoms with Crippen molar-refractivity contribution in [1.82, 2.24) is 0 Å². The highest BCUT2D eigenvalue weighted by Crippen LogP contribution is 2.41. The third-order valence-corrected chi connectivity index (χ3v) is 5.76. The zero-order chi connectivity index (χ0) is 18.1. The normalized spacial score (nSPS) is 20.6. The molecular formula is C18H28BFO3S. The Morgan fingerprint density at radius 2 is 1.83 bits per heavy atom. The summed E-state index contributed by atoms with van der Waals surface area (Å²) in [6.07, 6.45) is 0.616. The van der Waals surface area contributed by atoms with Crippen LogP contribution in [0.1, 0.15) is 58.4 Å². The van der Waals surface area contributed by atoms with Gasteiger partial charge in [0.1, 0.15) is 5.73 Å². The molecule has 1 aromatic heterocycles. The lowest BCUT2D eigenvalue weighted by atomic mass is 9.83.